The van der Waals surface area contributed by atoms with Crippen molar-refractivity contribution in [2.24, 2.45) is 11.7 Å². The van der Waals surface area contributed by atoms with Crippen molar-refractivity contribution < 1.29 is 9.53 Å². The maximum absolute atomic E-state index is 10.8. The predicted octanol–water partition coefficient (Wildman–Crippen LogP) is -0.212. The first kappa shape index (κ1) is 9.48. The quantitative estimate of drug-likeness (QED) is 0.640. The highest BCUT2D eigenvalue weighted by Crippen LogP contribution is 2.15. The van der Waals surface area contributed by atoms with Gasteiger partial charge in [0.1, 0.15) is 0 Å². The van der Waals surface area contributed by atoms with Crippen LogP contribution in [0.3, 0.4) is 0 Å². The Labute approximate surface area is 72.7 Å². The molecular weight excluding hydrogens is 156 g/mol. The van der Waals surface area contributed by atoms with E-state index >= 15 is 0 Å². The van der Waals surface area contributed by atoms with Crippen LogP contribution in [0.5, 0.6) is 0 Å². The van der Waals surface area contributed by atoms with Crippen molar-refractivity contribution in [2.75, 3.05) is 26.9 Å². The predicted molar refractivity (Wildman–Crippen MR) is 45.4 cm³/mol. The number of likely N-dealkylation sites (tertiary alicyclic amines) is 1. The van der Waals surface area contributed by atoms with E-state index in [-0.39, 0.29) is 11.8 Å². The molecule has 4 nitrogen and oxygen atoms in total. The maximum atomic E-state index is 10.8. The summed E-state index contributed by atoms with van der Waals surface area (Å²) in [6.07, 6.45) is 1.75. The van der Waals surface area contributed by atoms with Gasteiger partial charge in [0.15, 0.2) is 0 Å². The SMILES string of the molecule is COCN1CCC(C(N)=O)CC1. The van der Waals surface area contributed by atoms with Crippen LogP contribution in [0.1, 0.15) is 12.8 Å². The normalized spacial score (nSPS) is 21.1. The van der Waals surface area contributed by atoms with E-state index in [1.807, 2.05) is 0 Å². The molecule has 12 heavy (non-hydrogen) atoms. The smallest absolute Gasteiger partial charge is 0.220 e. The minimum atomic E-state index is -0.160. The van der Waals surface area contributed by atoms with Crippen LogP contribution in [-0.4, -0.2) is 37.7 Å². The number of ether oxygens (including phenoxy) is 1. The third kappa shape index (κ3) is 2.46. The Balaban J connectivity index is 2.25. The topological polar surface area (TPSA) is 55.6 Å². The van der Waals surface area contributed by atoms with Crippen LogP contribution >= 0.6 is 0 Å². The van der Waals surface area contributed by atoms with Crippen molar-refractivity contribution in [1.29, 1.82) is 0 Å². The zero-order chi connectivity index (χ0) is 8.97. The molecule has 1 fully saturated rings. The molecule has 1 saturated heterocycles. The van der Waals surface area contributed by atoms with Crippen LogP contribution in [0.4, 0.5) is 0 Å². The van der Waals surface area contributed by atoms with Crippen LogP contribution < -0.4 is 5.73 Å². The summed E-state index contributed by atoms with van der Waals surface area (Å²) in [5, 5.41) is 0. The molecule has 0 bridgehead atoms. The van der Waals surface area contributed by atoms with Gasteiger partial charge in [0.2, 0.25) is 5.91 Å². The van der Waals surface area contributed by atoms with Crippen LogP contribution in [0.2, 0.25) is 0 Å². The van der Waals surface area contributed by atoms with Crippen LogP contribution in [0, 0.1) is 5.92 Å². The van der Waals surface area contributed by atoms with Crippen molar-refractivity contribution in [1.82, 2.24) is 4.90 Å². The van der Waals surface area contributed by atoms with Crippen molar-refractivity contribution in [3.63, 3.8) is 0 Å². The van der Waals surface area contributed by atoms with E-state index in [0.29, 0.717) is 6.73 Å². The van der Waals surface area contributed by atoms with Crippen molar-refractivity contribution in [3.05, 3.63) is 0 Å². The first-order valence-corrected chi connectivity index (χ1v) is 4.24. The minimum absolute atomic E-state index is 0.0816. The molecule has 0 aromatic rings. The number of hydrogen-bond acceptors (Lipinski definition) is 3. The number of amides is 1. The van der Waals surface area contributed by atoms with Gasteiger partial charge in [-0.1, -0.05) is 0 Å². The molecule has 1 aliphatic rings. The average Bonchev–Trinajstić information content (AvgIpc) is 2.06. The van der Waals surface area contributed by atoms with Crippen LogP contribution in [0.15, 0.2) is 0 Å². The molecule has 0 spiro atoms. The lowest BCUT2D eigenvalue weighted by atomic mass is 9.97. The number of carbonyl (C=O) groups excluding carboxylic acids is 1. The summed E-state index contributed by atoms with van der Waals surface area (Å²) in [6, 6.07) is 0. The van der Waals surface area contributed by atoms with Gasteiger partial charge in [-0.25, -0.2) is 0 Å². The van der Waals surface area contributed by atoms with Crippen LogP contribution in [0.25, 0.3) is 0 Å². The summed E-state index contributed by atoms with van der Waals surface area (Å²) in [5.74, 6) is -0.0785. The van der Waals surface area contributed by atoms with Crippen molar-refractivity contribution in [3.8, 4) is 0 Å². The molecule has 0 aromatic carbocycles. The summed E-state index contributed by atoms with van der Waals surface area (Å²) in [6.45, 7) is 2.49. The Morgan fingerprint density at radius 1 is 1.58 bits per heavy atom. The average molecular weight is 172 g/mol. The molecule has 1 amide bonds. The molecule has 2 N–H and O–H groups in total. The third-order valence-corrected chi connectivity index (χ3v) is 2.30. The second kappa shape index (κ2) is 4.42. The van der Waals surface area contributed by atoms with Crippen molar-refractivity contribution in [2.45, 2.75) is 12.8 Å². The van der Waals surface area contributed by atoms with Crippen molar-refractivity contribution >= 4 is 5.91 Å². The molecular formula is C8H16N2O2. The summed E-state index contributed by atoms with van der Waals surface area (Å²) in [4.78, 5) is 13.0. The Morgan fingerprint density at radius 3 is 2.58 bits per heavy atom. The molecule has 0 aromatic heterocycles. The maximum Gasteiger partial charge on any atom is 0.220 e. The van der Waals surface area contributed by atoms with Gasteiger partial charge >= 0.3 is 0 Å². The molecule has 0 aliphatic carbocycles. The van der Waals surface area contributed by atoms with E-state index in [9.17, 15) is 4.79 Å². The number of piperidine rings is 1. The lowest BCUT2D eigenvalue weighted by molar-refractivity contribution is -0.123. The summed E-state index contributed by atoms with van der Waals surface area (Å²) < 4.78 is 4.99. The zero-order valence-corrected chi connectivity index (χ0v) is 7.45. The fourth-order valence-corrected chi connectivity index (χ4v) is 1.53. The van der Waals surface area contributed by atoms with E-state index in [2.05, 4.69) is 4.90 Å². The van der Waals surface area contributed by atoms with Gasteiger partial charge in [-0.15, -0.1) is 0 Å². The molecule has 1 rings (SSSR count). The first-order chi connectivity index (χ1) is 5.74. The van der Waals surface area contributed by atoms with Gasteiger partial charge < -0.3 is 10.5 Å². The molecule has 70 valence electrons. The number of hydrogen-bond donors (Lipinski definition) is 1. The third-order valence-electron chi connectivity index (χ3n) is 2.30. The number of rotatable bonds is 3. The number of methoxy groups -OCH3 is 1. The fraction of sp³-hybridized carbons (Fsp3) is 0.875. The van der Waals surface area contributed by atoms with E-state index < -0.39 is 0 Å². The number of nitrogens with two attached hydrogens (primary N) is 1. The largest absolute Gasteiger partial charge is 0.369 e. The minimum Gasteiger partial charge on any atom is -0.369 e. The number of primary amides is 1. The Hall–Kier alpha value is -0.610. The van der Waals surface area contributed by atoms with E-state index in [1.54, 1.807) is 7.11 Å². The molecule has 0 radical (unpaired) electrons. The Bertz CT molecular complexity index is 153. The number of carbonyl (C=O) groups is 1. The first-order valence-electron chi connectivity index (χ1n) is 4.24. The second-order valence-electron chi connectivity index (χ2n) is 3.21. The Morgan fingerprint density at radius 2 is 2.17 bits per heavy atom. The molecule has 1 heterocycles. The van der Waals surface area contributed by atoms with Gasteiger partial charge in [-0.05, 0) is 12.8 Å². The molecule has 0 saturated carbocycles. The van der Waals surface area contributed by atoms with Gasteiger partial charge in [0.05, 0.1) is 6.73 Å². The summed E-state index contributed by atoms with van der Waals surface area (Å²) >= 11 is 0. The highest BCUT2D eigenvalue weighted by molar-refractivity contribution is 5.76. The van der Waals surface area contributed by atoms with E-state index in [4.69, 9.17) is 10.5 Å². The lowest BCUT2D eigenvalue weighted by Gasteiger charge is -2.29. The van der Waals surface area contributed by atoms with Gasteiger partial charge in [0.25, 0.3) is 0 Å². The zero-order valence-electron chi connectivity index (χ0n) is 7.45. The second-order valence-corrected chi connectivity index (χ2v) is 3.21. The molecule has 1 aliphatic heterocycles. The fourth-order valence-electron chi connectivity index (χ4n) is 1.53. The monoisotopic (exact) mass is 172 g/mol. The molecule has 0 unspecified atom stereocenters. The van der Waals surface area contributed by atoms with Gasteiger partial charge in [-0.3, -0.25) is 9.69 Å². The van der Waals surface area contributed by atoms with Gasteiger partial charge in [-0.2, -0.15) is 0 Å². The summed E-state index contributed by atoms with van der Waals surface area (Å²) in [7, 11) is 1.68. The Kier molecular flexibility index (Phi) is 3.49. The van der Waals surface area contributed by atoms with Gasteiger partial charge in [0, 0.05) is 26.1 Å². The highest BCUT2D eigenvalue weighted by Gasteiger charge is 2.22. The number of nitrogens with zero attached hydrogens (tertiary/aromatic N) is 1. The highest BCUT2D eigenvalue weighted by atomic mass is 16.5. The van der Waals surface area contributed by atoms with Crippen LogP contribution in [-0.2, 0) is 9.53 Å². The molecule has 0 atom stereocenters. The van der Waals surface area contributed by atoms with E-state index in [1.165, 1.54) is 0 Å². The summed E-state index contributed by atoms with van der Waals surface area (Å²) in [5.41, 5.74) is 5.20. The lowest BCUT2D eigenvalue weighted by Crippen LogP contribution is -2.39. The molecule has 4 heteroatoms. The van der Waals surface area contributed by atoms with E-state index in [0.717, 1.165) is 25.9 Å². The standard InChI is InChI=1S/C8H16N2O2/c1-12-6-10-4-2-7(3-5-10)8(9)11/h7H,2-6H2,1H3,(H2,9,11).